The van der Waals surface area contributed by atoms with Gasteiger partial charge in [-0.3, -0.25) is 0 Å². The summed E-state index contributed by atoms with van der Waals surface area (Å²) in [4.78, 5) is 19.5. The van der Waals surface area contributed by atoms with Gasteiger partial charge in [0.25, 0.3) is 0 Å². The van der Waals surface area contributed by atoms with Crippen LogP contribution in [0.2, 0.25) is 0 Å². The molecule has 2 aromatic carbocycles. The van der Waals surface area contributed by atoms with Crippen molar-refractivity contribution in [3.8, 4) is 34.3 Å². The predicted octanol–water partition coefficient (Wildman–Crippen LogP) is 2.65. The van der Waals surface area contributed by atoms with Crippen LogP contribution in [0.3, 0.4) is 0 Å². The monoisotopic (exact) mass is 448 g/mol. The van der Waals surface area contributed by atoms with Gasteiger partial charge >= 0.3 is 169 Å². The van der Waals surface area contributed by atoms with Crippen molar-refractivity contribution < 1.29 is 23.7 Å². The van der Waals surface area contributed by atoms with Crippen LogP contribution in [0, 0.1) is 0 Å². The molecule has 0 aliphatic rings. The van der Waals surface area contributed by atoms with Crippen molar-refractivity contribution in [3.05, 3.63) is 45.4 Å². The fraction of sp³-hybridized carbons (Fsp3) is 0.200. The van der Waals surface area contributed by atoms with Crippen LogP contribution in [-0.4, -0.2) is 53.7 Å². The number of carbonyl (C=O) groups is 1. The Balaban J connectivity index is 1.95. The second kappa shape index (κ2) is 8.37. The minimum absolute atomic E-state index is 0.174. The van der Waals surface area contributed by atoms with Gasteiger partial charge in [-0.1, -0.05) is 0 Å². The minimum atomic E-state index is -0.193. The number of nitrogen functional groups attached to an aromatic ring is 1. The van der Waals surface area contributed by atoms with Gasteiger partial charge in [-0.25, -0.2) is 0 Å². The number of methoxy groups -OCH3 is 4. The molecular formula is C20H20N2O5Se. The van der Waals surface area contributed by atoms with Crippen LogP contribution >= 0.6 is 0 Å². The number of anilines is 1. The molecule has 0 saturated carbocycles. The van der Waals surface area contributed by atoms with Crippen molar-refractivity contribution >= 4 is 26.0 Å². The van der Waals surface area contributed by atoms with Crippen LogP contribution in [0.4, 0.5) is 5.69 Å². The zero-order valence-electron chi connectivity index (χ0n) is 15.9. The van der Waals surface area contributed by atoms with Crippen molar-refractivity contribution in [2.45, 2.75) is 0 Å². The molecule has 146 valence electrons. The molecule has 0 fully saturated rings. The van der Waals surface area contributed by atoms with E-state index >= 15 is 0 Å². The molecule has 0 bridgehead atoms. The fourth-order valence-corrected chi connectivity index (χ4v) is 4.39. The third-order valence-corrected chi connectivity index (χ3v) is 5.92. The van der Waals surface area contributed by atoms with E-state index < -0.39 is 0 Å². The number of benzene rings is 2. The normalized spacial score (nSPS) is 10.4. The molecule has 1 aromatic heterocycles. The van der Waals surface area contributed by atoms with Crippen LogP contribution in [0.1, 0.15) is 14.9 Å². The molecule has 0 atom stereocenters. The first kappa shape index (κ1) is 19.8. The Kier molecular flexibility index (Phi) is 5.92. The Morgan fingerprint density at radius 2 is 1.57 bits per heavy atom. The summed E-state index contributed by atoms with van der Waals surface area (Å²) in [7, 11) is 6.10. The fourth-order valence-electron chi connectivity index (χ4n) is 2.74. The van der Waals surface area contributed by atoms with Gasteiger partial charge in [0, 0.05) is 0 Å². The van der Waals surface area contributed by atoms with Crippen LogP contribution in [0.5, 0.6) is 23.0 Å². The molecule has 0 saturated heterocycles. The van der Waals surface area contributed by atoms with Gasteiger partial charge in [0.1, 0.15) is 0 Å². The molecule has 0 aliphatic heterocycles. The summed E-state index contributed by atoms with van der Waals surface area (Å²) >= 11 is -0.193. The van der Waals surface area contributed by atoms with Crippen molar-refractivity contribution in [2.24, 2.45) is 0 Å². The van der Waals surface area contributed by atoms with E-state index in [0.717, 1.165) is 11.3 Å². The van der Waals surface area contributed by atoms with Crippen LogP contribution in [0.25, 0.3) is 11.3 Å². The van der Waals surface area contributed by atoms with E-state index in [1.54, 1.807) is 31.4 Å². The number of nitrogens with zero attached hydrogens (tertiary/aromatic N) is 1. The molecule has 0 unspecified atom stereocenters. The van der Waals surface area contributed by atoms with E-state index in [0.29, 0.717) is 38.8 Å². The molecule has 0 spiro atoms. The number of ketones is 1. The van der Waals surface area contributed by atoms with E-state index in [4.69, 9.17) is 24.7 Å². The molecule has 0 amide bonds. The maximum atomic E-state index is 13.0. The summed E-state index contributed by atoms with van der Waals surface area (Å²) < 4.78 is 21.6. The number of aromatic nitrogens is 1. The quantitative estimate of drug-likeness (QED) is 0.338. The topological polar surface area (TPSA) is 92.9 Å². The van der Waals surface area contributed by atoms with Crippen molar-refractivity contribution in [3.63, 3.8) is 0 Å². The molecule has 3 aromatic rings. The van der Waals surface area contributed by atoms with Gasteiger partial charge in [-0.2, -0.15) is 0 Å². The van der Waals surface area contributed by atoms with Gasteiger partial charge in [-0.05, 0) is 0 Å². The summed E-state index contributed by atoms with van der Waals surface area (Å²) in [5.41, 5.74) is 8.49. The average molecular weight is 447 g/mol. The molecular weight excluding hydrogens is 427 g/mol. The van der Waals surface area contributed by atoms with Crippen LogP contribution < -0.4 is 24.7 Å². The third-order valence-electron chi connectivity index (χ3n) is 4.15. The first-order valence-corrected chi connectivity index (χ1v) is 10.1. The van der Waals surface area contributed by atoms with E-state index in [-0.39, 0.29) is 20.3 Å². The Labute approximate surface area is 168 Å². The van der Waals surface area contributed by atoms with Crippen LogP contribution in [-0.2, 0) is 0 Å². The Hall–Kier alpha value is -2.96. The predicted molar refractivity (Wildman–Crippen MR) is 107 cm³/mol. The van der Waals surface area contributed by atoms with Crippen LogP contribution in [0.15, 0.2) is 35.3 Å². The molecule has 2 N–H and O–H groups in total. The van der Waals surface area contributed by atoms with Crippen molar-refractivity contribution in [2.75, 3.05) is 34.2 Å². The molecule has 8 heteroatoms. The molecule has 28 heavy (non-hydrogen) atoms. The van der Waals surface area contributed by atoms with Gasteiger partial charge in [0.15, 0.2) is 0 Å². The molecule has 0 aliphatic carbocycles. The molecule has 0 radical (unpaired) electrons. The van der Waals surface area contributed by atoms with Gasteiger partial charge in [-0.15, -0.1) is 0 Å². The summed E-state index contributed by atoms with van der Waals surface area (Å²) in [5, 5.41) is 0. The van der Waals surface area contributed by atoms with E-state index in [9.17, 15) is 4.79 Å². The zero-order chi connectivity index (χ0) is 20.3. The van der Waals surface area contributed by atoms with Gasteiger partial charge < -0.3 is 0 Å². The summed E-state index contributed by atoms with van der Waals surface area (Å²) in [6, 6.07) is 8.70. The number of hydrogen-bond acceptors (Lipinski definition) is 7. The Morgan fingerprint density at radius 3 is 2.11 bits per heavy atom. The van der Waals surface area contributed by atoms with E-state index in [2.05, 4.69) is 4.98 Å². The molecule has 7 nitrogen and oxygen atoms in total. The number of nitrogens with two attached hydrogens (primary N) is 1. The second-order valence-corrected chi connectivity index (χ2v) is 7.54. The van der Waals surface area contributed by atoms with Crippen molar-refractivity contribution in [1.82, 2.24) is 4.98 Å². The number of rotatable bonds is 7. The van der Waals surface area contributed by atoms with E-state index in [1.807, 2.05) is 11.0 Å². The summed E-state index contributed by atoms with van der Waals surface area (Å²) in [6.07, 6.45) is 0. The molecule has 3 rings (SSSR count). The van der Waals surface area contributed by atoms with Gasteiger partial charge in [0.2, 0.25) is 0 Å². The second-order valence-electron chi connectivity index (χ2n) is 5.74. The Morgan fingerprint density at radius 1 is 0.929 bits per heavy atom. The average Bonchev–Trinajstić information content (AvgIpc) is 3.22. The number of ether oxygens (including phenoxy) is 4. The SMILES string of the molecule is COc1ccc(-c2c[se]c(C(=O)c3cc(OC)c(OC)c(OC)c3)n2)cc1N. The zero-order valence-corrected chi connectivity index (χ0v) is 17.7. The number of carbonyl (C=O) groups excluding carboxylic acids is 1. The first-order chi connectivity index (χ1) is 13.5. The Bertz CT molecular complexity index is 991. The standard InChI is InChI=1S/C20H20N2O5Se/c1-24-15-6-5-11(7-13(15)21)14-10-28-20(22-14)18(23)12-8-16(25-2)19(27-4)17(9-12)26-3/h5-10H,21H2,1-4H3. The van der Waals surface area contributed by atoms with E-state index in [1.165, 1.54) is 21.3 Å². The first-order valence-electron chi connectivity index (χ1n) is 8.26. The van der Waals surface area contributed by atoms with Crippen molar-refractivity contribution in [1.29, 1.82) is 0 Å². The summed E-state index contributed by atoms with van der Waals surface area (Å²) in [5.74, 6) is 1.71. The van der Waals surface area contributed by atoms with Gasteiger partial charge in [0.05, 0.1) is 0 Å². The third kappa shape index (κ3) is 3.69. The number of hydrogen-bond donors (Lipinski definition) is 1. The summed E-state index contributed by atoms with van der Waals surface area (Å²) in [6.45, 7) is 0. The maximum absolute atomic E-state index is 13.0. The molecule has 1 heterocycles.